The minimum atomic E-state index is 0.343. The van der Waals surface area contributed by atoms with Crippen molar-refractivity contribution < 1.29 is 4.74 Å². The summed E-state index contributed by atoms with van der Waals surface area (Å²) in [4.78, 5) is 0. The number of nitrogens with zero attached hydrogens (tertiary/aromatic N) is 2. The molecule has 1 aliphatic heterocycles. The molecule has 1 saturated heterocycles. The summed E-state index contributed by atoms with van der Waals surface area (Å²) in [6, 6.07) is 0.439. The van der Waals surface area contributed by atoms with Crippen LogP contribution in [0.4, 0.5) is 0 Å². The predicted octanol–water partition coefficient (Wildman–Crippen LogP) is 2.30. The van der Waals surface area contributed by atoms with Gasteiger partial charge in [0, 0.05) is 32.0 Å². The van der Waals surface area contributed by atoms with Crippen LogP contribution in [0, 0.1) is 5.92 Å². The molecule has 2 rings (SSSR count). The van der Waals surface area contributed by atoms with Gasteiger partial charge < -0.3 is 10.1 Å². The van der Waals surface area contributed by atoms with Gasteiger partial charge in [-0.05, 0) is 42.7 Å². The molecule has 5 heteroatoms. The molecule has 0 spiro atoms. The van der Waals surface area contributed by atoms with Gasteiger partial charge in [-0.3, -0.25) is 4.68 Å². The molecule has 3 atom stereocenters. The number of halogens is 1. The molecule has 1 N–H and O–H groups in total. The molecular weight excluding hydrogens is 306 g/mol. The van der Waals surface area contributed by atoms with Crippen LogP contribution in [0.3, 0.4) is 0 Å². The van der Waals surface area contributed by atoms with Crippen molar-refractivity contribution in [1.82, 2.24) is 15.1 Å². The summed E-state index contributed by atoms with van der Waals surface area (Å²) in [5.74, 6) is 0.580. The minimum absolute atomic E-state index is 0.343. The van der Waals surface area contributed by atoms with Crippen molar-refractivity contribution in [2.24, 2.45) is 13.0 Å². The van der Waals surface area contributed by atoms with E-state index in [9.17, 15) is 0 Å². The van der Waals surface area contributed by atoms with Crippen molar-refractivity contribution in [3.63, 3.8) is 0 Å². The molecule has 1 aromatic rings. The topological polar surface area (TPSA) is 39.1 Å². The molecule has 0 aliphatic carbocycles. The summed E-state index contributed by atoms with van der Waals surface area (Å²) >= 11 is 3.70. The van der Waals surface area contributed by atoms with Gasteiger partial charge in [0.2, 0.25) is 0 Å². The maximum atomic E-state index is 5.70. The van der Waals surface area contributed by atoms with Crippen LogP contribution in [-0.2, 0) is 24.6 Å². The van der Waals surface area contributed by atoms with E-state index in [1.807, 2.05) is 18.8 Å². The molecule has 0 amide bonds. The summed E-state index contributed by atoms with van der Waals surface area (Å²) in [5, 5.41) is 8.04. The number of aryl methyl sites for hydroxylation is 2. The lowest BCUT2D eigenvalue weighted by atomic mass is 9.90. The Morgan fingerprint density at radius 1 is 1.58 bits per heavy atom. The summed E-state index contributed by atoms with van der Waals surface area (Å²) in [7, 11) is 4.07. The van der Waals surface area contributed by atoms with E-state index in [4.69, 9.17) is 4.74 Å². The standard InChI is InChI=1S/C14H24BrN3O/c1-5-11-14(15)13(18(4)17-11)8-12(16-3)10-6-7-19-9(10)2/h9-10,12,16H,5-8H2,1-4H3. The third-order valence-electron chi connectivity index (χ3n) is 4.24. The monoisotopic (exact) mass is 329 g/mol. The van der Waals surface area contributed by atoms with E-state index >= 15 is 0 Å². The average molecular weight is 330 g/mol. The first-order valence-corrected chi connectivity index (χ1v) is 7.86. The van der Waals surface area contributed by atoms with E-state index in [2.05, 4.69) is 40.2 Å². The van der Waals surface area contributed by atoms with Gasteiger partial charge in [-0.15, -0.1) is 0 Å². The summed E-state index contributed by atoms with van der Waals surface area (Å²) < 4.78 is 8.88. The van der Waals surface area contributed by atoms with E-state index in [1.165, 1.54) is 10.2 Å². The van der Waals surface area contributed by atoms with Crippen LogP contribution < -0.4 is 5.32 Å². The number of aromatic nitrogens is 2. The third kappa shape index (κ3) is 3.03. The van der Waals surface area contributed by atoms with Gasteiger partial charge in [0.25, 0.3) is 0 Å². The fraction of sp³-hybridized carbons (Fsp3) is 0.786. The Morgan fingerprint density at radius 3 is 2.79 bits per heavy atom. The highest BCUT2D eigenvalue weighted by Gasteiger charge is 2.32. The Morgan fingerprint density at radius 2 is 2.32 bits per heavy atom. The quantitative estimate of drug-likeness (QED) is 0.900. The predicted molar refractivity (Wildman–Crippen MR) is 80.4 cm³/mol. The lowest BCUT2D eigenvalue weighted by molar-refractivity contribution is 0.0960. The molecule has 0 aromatic carbocycles. The van der Waals surface area contributed by atoms with Crippen LogP contribution in [0.25, 0.3) is 0 Å². The molecule has 1 fully saturated rings. The van der Waals surface area contributed by atoms with Crippen molar-refractivity contribution in [3.8, 4) is 0 Å². The molecule has 2 heterocycles. The Bertz CT molecular complexity index is 433. The molecule has 19 heavy (non-hydrogen) atoms. The van der Waals surface area contributed by atoms with Gasteiger partial charge in [-0.25, -0.2) is 0 Å². The first kappa shape index (κ1) is 15.0. The highest BCUT2D eigenvalue weighted by Crippen LogP contribution is 2.29. The number of hydrogen-bond donors (Lipinski definition) is 1. The molecule has 1 aromatic heterocycles. The largest absolute Gasteiger partial charge is 0.378 e. The lowest BCUT2D eigenvalue weighted by Gasteiger charge is -2.25. The van der Waals surface area contributed by atoms with Crippen LogP contribution in [0.5, 0.6) is 0 Å². The Balaban J connectivity index is 2.16. The second-order valence-electron chi connectivity index (χ2n) is 5.31. The Hall–Kier alpha value is -0.390. The van der Waals surface area contributed by atoms with E-state index in [-0.39, 0.29) is 0 Å². The fourth-order valence-corrected chi connectivity index (χ4v) is 3.77. The zero-order valence-electron chi connectivity index (χ0n) is 12.2. The van der Waals surface area contributed by atoms with Gasteiger partial charge in [-0.2, -0.15) is 5.10 Å². The van der Waals surface area contributed by atoms with Gasteiger partial charge in [0.1, 0.15) is 0 Å². The number of likely N-dealkylation sites (N-methyl/N-ethyl adjacent to an activating group) is 1. The van der Waals surface area contributed by atoms with E-state index in [1.54, 1.807) is 0 Å². The molecule has 108 valence electrons. The molecule has 0 bridgehead atoms. The minimum Gasteiger partial charge on any atom is -0.378 e. The Labute approximate surface area is 124 Å². The van der Waals surface area contributed by atoms with Crippen LogP contribution in [0.1, 0.15) is 31.7 Å². The summed E-state index contributed by atoms with van der Waals surface area (Å²) in [6.07, 6.45) is 3.43. The SMILES string of the molecule is CCc1nn(C)c(CC(NC)C2CCOC2C)c1Br. The number of hydrogen-bond acceptors (Lipinski definition) is 3. The lowest BCUT2D eigenvalue weighted by Crippen LogP contribution is -2.39. The normalized spacial score (nSPS) is 24.9. The zero-order chi connectivity index (χ0) is 14.0. The number of rotatable bonds is 5. The van der Waals surface area contributed by atoms with Crippen LogP contribution >= 0.6 is 15.9 Å². The molecule has 3 unspecified atom stereocenters. The van der Waals surface area contributed by atoms with Crippen molar-refractivity contribution in [3.05, 3.63) is 15.9 Å². The molecule has 0 saturated carbocycles. The van der Waals surface area contributed by atoms with Crippen LogP contribution in [0.15, 0.2) is 4.47 Å². The van der Waals surface area contributed by atoms with E-state index in [0.717, 1.165) is 31.6 Å². The summed E-state index contributed by atoms with van der Waals surface area (Å²) in [5.41, 5.74) is 2.42. The second kappa shape index (κ2) is 6.37. The van der Waals surface area contributed by atoms with Gasteiger partial charge in [-0.1, -0.05) is 6.92 Å². The molecule has 0 radical (unpaired) electrons. The first-order valence-electron chi connectivity index (χ1n) is 7.07. The number of ether oxygens (including phenoxy) is 1. The maximum Gasteiger partial charge on any atom is 0.0766 e. The van der Waals surface area contributed by atoms with Crippen molar-refractivity contribution >= 4 is 15.9 Å². The van der Waals surface area contributed by atoms with E-state index in [0.29, 0.717) is 18.1 Å². The Kier molecular flexibility index (Phi) is 5.03. The average Bonchev–Trinajstić information content (AvgIpc) is 2.93. The zero-order valence-corrected chi connectivity index (χ0v) is 13.8. The first-order chi connectivity index (χ1) is 9.08. The third-order valence-corrected chi connectivity index (χ3v) is 5.15. The molecular formula is C14H24BrN3O. The second-order valence-corrected chi connectivity index (χ2v) is 6.11. The van der Waals surface area contributed by atoms with Crippen LogP contribution in [-0.4, -0.2) is 35.6 Å². The van der Waals surface area contributed by atoms with Crippen molar-refractivity contribution in [2.75, 3.05) is 13.7 Å². The fourth-order valence-electron chi connectivity index (χ4n) is 2.99. The van der Waals surface area contributed by atoms with E-state index < -0.39 is 0 Å². The highest BCUT2D eigenvalue weighted by molar-refractivity contribution is 9.10. The maximum absolute atomic E-state index is 5.70. The molecule has 4 nitrogen and oxygen atoms in total. The number of nitrogens with one attached hydrogen (secondary N) is 1. The van der Waals surface area contributed by atoms with Gasteiger partial charge >= 0.3 is 0 Å². The highest BCUT2D eigenvalue weighted by atomic mass is 79.9. The summed E-state index contributed by atoms with van der Waals surface area (Å²) in [6.45, 7) is 5.20. The van der Waals surface area contributed by atoms with Gasteiger partial charge in [0.15, 0.2) is 0 Å². The molecule has 1 aliphatic rings. The smallest absolute Gasteiger partial charge is 0.0766 e. The van der Waals surface area contributed by atoms with Crippen molar-refractivity contribution in [1.29, 1.82) is 0 Å². The van der Waals surface area contributed by atoms with Gasteiger partial charge in [0.05, 0.1) is 22.0 Å². The van der Waals surface area contributed by atoms with Crippen LogP contribution in [0.2, 0.25) is 0 Å². The van der Waals surface area contributed by atoms with Crippen molar-refractivity contribution in [2.45, 2.75) is 45.3 Å².